The van der Waals surface area contributed by atoms with Crippen LogP contribution in [0.2, 0.25) is 0 Å². The number of aromatic nitrogens is 2. The van der Waals surface area contributed by atoms with E-state index in [1.54, 1.807) is 13.8 Å². The predicted molar refractivity (Wildman–Crippen MR) is 142 cm³/mol. The molecule has 2 rings (SSSR count). The number of unbranched alkanes of at least 4 members (excludes halogenated alkanes) is 1. The highest BCUT2D eigenvalue weighted by Gasteiger charge is 2.31. The molecule has 0 aliphatic carbocycles. The fourth-order valence-electron chi connectivity index (χ4n) is 3.75. The third-order valence-corrected chi connectivity index (χ3v) is 6.11. The van der Waals surface area contributed by atoms with E-state index in [4.69, 9.17) is 11.5 Å². The van der Waals surface area contributed by atoms with Crippen LogP contribution in [0.4, 0.5) is 0 Å². The quantitative estimate of drug-likeness (QED) is 0.145. The number of benzene rings is 1. The second-order valence-corrected chi connectivity index (χ2v) is 9.55. The third kappa shape index (κ3) is 9.94. The molecule has 4 unspecified atom stereocenters. The van der Waals surface area contributed by atoms with Crippen molar-refractivity contribution in [3.8, 4) is 0 Å². The summed E-state index contributed by atoms with van der Waals surface area (Å²) in [5.74, 6) is -3.08. The predicted octanol–water partition coefficient (Wildman–Crippen LogP) is -0.154. The van der Waals surface area contributed by atoms with Crippen LogP contribution in [0.25, 0.3) is 0 Å². The molecule has 0 radical (unpaired) electrons. The van der Waals surface area contributed by atoms with Crippen molar-refractivity contribution in [2.45, 2.75) is 70.1 Å². The molecule has 12 nitrogen and oxygen atoms in total. The molecule has 0 saturated heterocycles. The Kier molecular flexibility index (Phi) is 12.4. The molecule has 0 aliphatic rings. The zero-order valence-electron chi connectivity index (χ0n) is 21.9. The van der Waals surface area contributed by atoms with Gasteiger partial charge in [0, 0.05) is 24.7 Å². The fraction of sp³-hybridized carbons (Fsp3) is 0.500. The molecule has 208 valence electrons. The van der Waals surface area contributed by atoms with E-state index in [1.165, 1.54) is 12.5 Å². The smallest absolute Gasteiger partial charge is 0.326 e. The molecule has 12 heteroatoms. The van der Waals surface area contributed by atoms with Crippen molar-refractivity contribution in [2.24, 2.45) is 17.4 Å². The summed E-state index contributed by atoms with van der Waals surface area (Å²) in [5.41, 5.74) is 12.9. The summed E-state index contributed by atoms with van der Waals surface area (Å²) in [6, 6.07) is 5.05. The molecule has 4 atom stereocenters. The number of nitrogens with one attached hydrogen (secondary N) is 4. The average Bonchev–Trinajstić information content (AvgIpc) is 3.40. The highest BCUT2D eigenvalue weighted by molar-refractivity contribution is 5.94. The minimum absolute atomic E-state index is 0.00960. The number of aromatic amines is 1. The summed E-state index contributed by atoms with van der Waals surface area (Å²) < 4.78 is 0. The van der Waals surface area contributed by atoms with Gasteiger partial charge in [0.25, 0.3) is 0 Å². The van der Waals surface area contributed by atoms with Gasteiger partial charge >= 0.3 is 5.97 Å². The molecule has 0 saturated carbocycles. The fourth-order valence-corrected chi connectivity index (χ4v) is 3.75. The van der Waals surface area contributed by atoms with E-state index in [9.17, 15) is 24.3 Å². The molecule has 2 aromatic rings. The van der Waals surface area contributed by atoms with Crippen molar-refractivity contribution in [2.75, 3.05) is 6.54 Å². The van der Waals surface area contributed by atoms with Gasteiger partial charge in [0.15, 0.2) is 0 Å². The van der Waals surface area contributed by atoms with Crippen LogP contribution < -0.4 is 27.4 Å². The minimum atomic E-state index is -1.24. The van der Waals surface area contributed by atoms with E-state index in [-0.39, 0.29) is 25.2 Å². The first-order valence-electron chi connectivity index (χ1n) is 12.7. The Hall–Kier alpha value is -3.77. The number of carboxylic acids is 1. The molecule has 0 fully saturated rings. The molecule has 1 aromatic carbocycles. The van der Waals surface area contributed by atoms with Crippen LogP contribution in [0.1, 0.15) is 44.4 Å². The number of H-pyrrole nitrogens is 1. The zero-order chi connectivity index (χ0) is 28.1. The number of nitrogens with two attached hydrogens (primary N) is 2. The number of rotatable bonds is 16. The van der Waals surface area contributed by atoms with Gasteiger partial charge in [0.1, 0.15) is 18.1 Å². The highest BCUT2D eigenvalue weighted by Crippen LogP contribution is 2.09. The molecular weight excluding hydrogens is 490 g/mol. The summed E-state index contributed by atoms with van der Waals surface area (Å²) in [6.07, 6.45) is 4.44. The highest BCUT2D eigenvalue weighted by atomic mass is 16.4. The molecule has 0 bridgehead atoms. The van der Waals surface area contributed by atoms with Crippen LogP contribution >= 0.6 is 0 Å². The summed E-state index contributed by atoms with van der Waals surface area (Å²) in [6.45, 7) is 4.01. The van der Waals surface area contributed by atoms with Gasteiger partial charge in [0.2, 0.25) is 17.7 Å². The molecule has 1 aromatic heterocycles. The number of hydrogen-bond acceptors (Lipinski definition) is 7. The van der Waals surface area contributed by atoms with Gasteiger partial charge < -0.3 is 37.5 Å². The van der Waals surface area contributed by atoms with E-state index in [0.717, 1.165) is 5.56 Å². The van der Waals surface area contributed by atoms with Crippen LogP contribution in [-0.2, 0) is 32.0 Å². The summed E-state index contributed by atoms with van der Waals surface area (Å²) in [7, 11) is 0. The standard InChI is InChI=1S/C26H39N7O5/c1-16(2)22(28)25(36)32-20(12-17-8-4-3-5-9-17)24(35)31-19(10-6-7-11-27)23(34)33-21(26(37)38)13-18-14-29-15-30-18/h3-5,8-9,14-16,19-22H,6-7,10-13,27-28H2,1-2H3,(H,29,30)(H,31,35)(H,32,36)(H,33,34)(H,37,38). The number of imidazole rings is 1. The number of hydrogen-bond donors (Lipinski definition) is 7. The molecular formula is C26H39N7O5. The maximum atomic E-state index is 13.4. The normalized spacial score (nSPS) is 14.2. The van der Waals surface area contributed by atoms with Crippen molar-refractivity contribution >= 4 is 23.7 Å². The van der Waals surface area contributed by atoms with Crippen LogP contribution in [0, 0.1) is 5.92 Å². The SMILES string of the molecule is CC(C)C(N)C(=O)NC(Cc1ccccc1)C(=O)NC(CCCCN)C(=O)NC(Cc1cnc[nH]1)C(=O)O. The number of amides is 3. The van der Waals surface area contributed by atoms with Crippen molar-refractivity contribution in [3.63, 3.8) is 0 Å². The number of carbonyl (C=O) groups excluding carboxylic acids is 3. The molecule has 9 N–H and O–H groups in total. The molecule has 1 heterocycles. The van der Waals surface area contributed by atoms with Crippen molar-refractivity contribution in [3.05, 3.63) is 54.1 Å². The van der Waals surface area contributed by atoms with E-state index < -0.39 is 47.9 Å². The Balaban J connectivity index is 2.20. The van der Waals surface area contributed by atoms with Gasteiger partial charge in [-0.1, -0.05) is 44.2 Å². The van der Waals surface area contributed by atoms with Crippen LogP contribution in [0.5, 0.6) is 0 Å². The van der Waals surface area contributed by atoms with Gasteiger partial charge in [-0.25, -0.2) is 9.78 Å². The Bertz CT molecular complexity index is 1030. The second-order valence-electron chi connectivity index (χ2n) is 9.55. The van der Waals surface area contributed by atoms with Gasteiger partial charge in [-0.3, -0.25) is 14.4 Å². The van der Waals surface area contributed by atoms with Gasteiger partial charge in [0.05, 0.1) is 12.4 Å². The van der Waals surface area contributed by atoms with E-state index in [2.05, 4.69) is 25.9 Å². The largest absolute Gasteiger partial charge is 0.480 e. The number of carbonyl (C=O) groups is 4. The first-order valence-corrected chi connectivity index (χ1v) is 12.7. The lowest BCUT2D eigenvalue weighted by Crippen LogP contribution is -2.58. The zero-order valence-corrected chi connectivity index (χ0v) is 21.9. The van der Waals surface area contributed by atoms with E-state index >= 15 is 0 Å². The number of nitrogens with zero attached hydrogens (tertiary/aromatic N) is 1. The lowest BCUT2D eigenvalue weighted by molar-refractivity contribution is -0.142. The van der Waals surface area contributed by atoms with Crippen LogP contribution in [0.3, 0.4) is 0 Å². The van der Waals surface area contributed by atoms with Crippen molar-refractivity contribution in [1.82, 2.24) is 25.9 Å². The van der Waals surface area contributed by atoms with E-state index in [1.807, 2.05) is 30.3 Å². The molecule has 38 heavy (non-hydrogen) atoms. The Labute approximate surface area is 222 Å². The van der Waals surface area contributed by atoms with Gasteiger partial charge in [-0.15, -0.1) is 0 Å². The Morgan fingerprint density at radius 1 is 0.921 bits per heavy atom. The number of carboxylic acid groups (broad SMARTS) is 1. The Morgan fingerprint density at radius 2 is 1.55 bits per heavy atom. The monoisotopic (exact) mass is 529 g/mol. The Morgan fingerprint density at radius 3 is 2.13 bits per heavy atom. The topological polar surface area (TPSA) is 205 Å². The maximum Gasteiger partial charge on any atom is 0.326 e. The van der Waals surface area contributed by atoms with Gasteiger partial charge in [-0.2, -0.15) is 0 Å². The molecule has 0 aliphatic heterocycles. The van der Waals surface area contributed by atoms with Crippen LogP contribution in [0.15, 0.2) is 42.9 Å². The second kappa shape index (κ2) is 15.5. The third-order valence-electron chi connectivity index (χ3n) is 6.11. The minimum Gasteiger partial charge on any atom is -0.480 e. The molecule has 3 amide bonds. The summed E-state index contributed by atoms with van der Waals surface area (Å²) in [5, 5.41) is 17.6. The van der Waals surface area contributed by atoms with Crippen LogP contribution in [-0.4, -0.2) is 69.5 Å². The lowest BCUT2D eigenvalue weighted by atomic mass is 10.0. The maximum absolute atomic E-state index is 13.4. The van der Waals surface area contributed by atoms with E-state index in [0.29, 0.717) is 25.1 Å². The van der Waals surface area contributed by atoms with Crippen molar-refractivity contribution < 1.29 is 24.3 Å². The average molecular weight is 530 g/mol. The van der Waals surface area contributed by atoms with Gasteiger partial charge in [-0.05, 0) is 37.3 Å². The summed E-state index contributed by atoms with van der Waals surface area (Å²) in [4.78, 5) is 57.8. The number of aliphatic carboxylic acids is 1. The lowest BCUT2D eigenvalue weighted by Gasteiger charge is -2.26. The first kappa shape index (κ1) is 30.5. The first-order chi connectivity index (χ1) is 18.1. The van der Waals surface area contributed by atoms with Crippen molar-refractivity contribution in [1.29, 1.82) is 0 Å². The summed E-state index contributed by atoms with van der Waals surface area (Å²) >= 11 is 0. The molecule has 0 spiro atoms.